The molecule has 1 unspecified atom stereocenters. The molecule has 0 saturated carbocycles. The van der Waals surface area contributed by atoms with Gasteiger partial charge in [0, 0.05) is 11.1 Å². The molecule has 0 bridgehead atoms. The van der Waals surface area contributed by atoms with Gasteiger partial charge in [-0.3, -0.25) is 14.5 Å². The fourth-order valence-corrected chi connectivity index (χ4v) is 5.83. The monoisotopic (exact) mass is 500 g/mol. The lowest BCUT2D eigenvalue weighted by Crippen LogP contribution is -2.29. The summed E-state index contributed by atoms with van der Waals surface area (Å²) in [5, 5.41) is 11.7. The van der Waals surface area contributed by atoms with Crippen LogP contribution >= 0.6 is 11.3 Å². The van der Waals surface area contributed by atoms with E-state index in [9.17, 15) is 14.7 Å². The summed E-state index contributed by atoms with van der Waals surface area (Å²) >= 11 is 1.33. The number of amides is 1. The third kappa shape index (κ3) is 3.70. The highest BCUT2D eigenvalue weighted by Crippen LogP contribution is 2.48. The summed E-state index contributed by atoms with van der Waals surface area (Å²) in [4.78, 5) is 33.1. The first-order valence-electron chi connectivity index (χ1n) is 11.3. The van der Waals surface area contributed by atoms with E-state index in [-0.39, 0.29) is 11.3 Å². The van der Waals surface area contributed by atoms with E-state index in [0.717, 1.165) is 21.3 Å². The molecule has 0 spiro atoms. The maximum absolute atomic E-state index is 13.5. The van der Waals surface area contributed by atoms with Crippen molar-refractivity contribution in [2.75, 3.05) is 19.1 Å². The van der Waals surface area contributed by atoms with Gasteiger partial charge in [-0.15, -0.1) is 0 Å². The smallest absolute Gasteiger partial charge is 0.301 e. The van der Waals surface area contributed by atoms with E-state index in [0.29, 0.717) is 27.8 Å². The molecule has 0 aliphatic carbocycles. The van der Waals surface area contributed by atoms with E-state index in [1.165, 1.54) is 30.5 Å². The number of hydrogen-bond acceptors (Lipinski definition) is 7. The molecule has 8 heteroatoms. The summed E-state index contributed by atoms with van der Waals surface area (Å²) in [5.74, 6) is -1.02. The molecular weight excluding hydrogens is 476 g/mol. The predicted octanol–water partition coefficient (Wildman–Crippen LogP) is 5.56. The Balaban J connectivity index is 1.80. The fourth-order valence-electron chi connectivity index (χ4n) is 4.66. The van der Waals surface area contributed by atoms with Crippen LogP contribution in [0, 0.1) is 13.8 Å². The van der Waals surface area contributed by atoms with Crippen molar-refractivity contribution in [3.63, 3.8) is 0 Å². The van der Waals surface area contributed by atoms with Gasteiger partial charge in [0.05, 0.1) is 30.0 Å². The Morgan fingerprint density at radius 2 is 1.75 bits per heavy atom. The Labute approximate surface area is 212 Å². The number of carbonyl (C=O) groups excluding carboxylic acids is 2. The van der Waals surface area contributed by atoms with Gasteiger partial charge in [-0.1, -0.05) is 59.9 Å². The topological polar surface area (TPSA) is 89.0 Å². The first kappa shape index (κ1) is 23.6. The molecule has 1 fully saturated rings. The number of carbonyl (C=O) groups is 2. The van der Waals surface area contributed by atoms with E-state index in [1.54, 1.807) is 42.5 Å². The van der Waals surface area contributed by atoms with Gasteiger partial charge in [-0.25, -0.2) is 4.98 Å². The first-order chi connectivity index (χ1) is 17.3. The van der Waals surface area contributed by atoms with Crippen LogP contribution in [0.25, 0.3) is 16.0 Å². The van der Waals surface area contributed by atoms with Crippen LogP contribution < -0.4 is 14.4 Å². The molecule has 2 heterocycles. The van der Waals surface area contributed by atoms with Crippen molar-refractivity contribution < 1.29 is 24.2 Å². The summed E-state index contributed by atoms with van der Waals surface area (Å²) in [7, 11) is 3.01. The predicted molar refractivity (Wildman–Crippen MR) is 140 cm³/mol. The second-order valence-corrected chi connectivity index (χ2v) is 9.55. The molecular formula is C28H24N2O5S. The zero-order valence-electron chi connectivity index (χ0n) is 20.2. The van der Waals surface area contributed by atoms with Crippen LogP contribution in [-0.2, 0) is 9.59 Å². The molecule has 1 N–H and O–H groups in total. The molecule has 1 atom stereocenters. The lowest BCUT2D eigenvalue weighted by molar-refractivity contribution is -0.132. The number of ketones is 1. The molecule has 182 valence electrons. The minimum absolute atomic E-state index is 0.0371. The first-order valence-corrected chi connectivity index (χ1v) is 12.1. The summed E-state index contributed by atoms with van der Waals surface area (Å²) in [6.45, 7) is 3.96. The second kappa shape index (κ2) is 9.13. The number of aliphatic hydroxyl groups is 1. The van der Waals surface area contributed by atoms with Crippen molar-refractivity contribution in [3.05, 3.63) is 88.5 Å². The third-order valence-corrected chi connectivity index (χ3v) is 7.25. The number of nitrogens with zero attached hydrogens (tertiary/aromatic N) is 2. The number of Topliss-reactive ketones (excluding diaryl/α,β-unsaturated/α-hetero) is 1. The number of ether oxygens (including phenoxy) is 2. The zero-order chi connectivity index (χ0) is 25.6. The maximum Gasteiger partial charge on any atom is 0.301 e. The van der Waals surface area contributed by atoms with E-state index in [2.05, 4.69) is 0 Å². The Morgan fingerprint density at radius 1 is 1.00 bits per heavy atom. The normalized spacial score (nSPS) is 17.1. The minimum Gasteiger partial charge on any atom is -0.507 e. The largest absolute Gasteiger partial charge is 0.507 e. The summed E-state index contributed by atoms with van der Waals surface area (Å²) < 4.78 is 12.1. The quantitative estimate of drug-likeness (QED) is 0.219. The molecule has 7 nitrogen and oxygen atoms in total. The molecule has 1 aromatic heterocycles. The third-order valence-electron chi connectivity index (χ3n) is 6.24. The number of aromatic nitrogens is 1. The van der Waals surface area contributed by atoms with Crippen molar-refractivity contribution in [1.29, 1.82) is 0 Å². The number of methoxy groups -OCH3 is 2. The molecule has 4 aromatic rings. The SMILES string of the molecule is COc1cccc(C2C(=C(O)c3ccccc3)C(=O)C(=O)N2c2nc3c(C)cc(C)cc3s2)c1OC. The standard InChI is InChI=1S/C28H24N2O5S/c1-15-13-16(2)22-20(14-15)36-28(29-22)30-23(18-11-8-12-19(34-3)26(18)35-4)21(25(32)27(30)33)24(31)17-9-6-5-7-10-17/h5-14,23,31H,1-4H3. The van der Waals surface area contributed by atoms with Gasteiger partial charge in [0.1, 0.15) is 11.8 Å². The molecule has 1 saturated heterocycles. The van der Waals surface area contributed by atoms with Crippen LogP contribution in [0.4, 0.5) is 5.13 Å². The Hall–Kier alpha value is -4.17. The van der Waals surface area contributed by atoms with Crippen molar-refractivity contribution in [3.8, 4) is 11.5 Å². The number of thiazole rings is 1. The van der Waals surface area contributed by atoms with Crippen LogP contribution in [0.2, 0.25) is 0 Å². The molecule has 3 aromatic carbocycles. The van der Waals surface area contributed by atoms with Gasteiger partial charge in [0.15, 0.2) is 16.6 Å². The number of anilines is 1. The van der Waals surface area contributed by atoms with Gasteiger partial charge in [-0.05, 0) is 37.1 Å². The minimum atomic E-state index is -0.975. The lowest BCUT2D eigenvalue weighted by Gasteiger charge is -2.25. The lowest BCUT2D eigenvalue weighted by atomic mass is 9.94. The number of hydrogen-bond donors (Lipinski definition) is 1. The average molecular weight is 501 g/mol. The highest BCUT2D eigenvalue weighted by molar-refractivity contribution is 7.22. The highest BCUT2D eigenvalue weighted by Gasteiger charge is 2.49. The van der Waals surface area contributed by atoms with Crippen LogP contribution in [0.5, 0.6) is 11.5 Å². The van der Waals surface area contributed by atoms with Gasteiger partial charge < -0.3 is 14.6 Å². The number of aliphatic hydroxyl groups excluding tert-OH is 1. The maximum atomic E-state index is 13.5. The Bertz CT molecular complexity index is 1540. The molecule has 1 amide bonds. The average Bonchev–Trinajstić information content (AvgIpc) is 3.42. The van der Waals surface area contributed by atoms with Gasteiger partial charge in [-0.2, -0.15) is 0 Å². The van der Waals surface area contributed by atoms with Gasteiger partial charge in [0.2, 0.25) is 0 Å². The summed E-state index contributed by atoms with van der Waals surface area (Å²) in [5.41, 5.74) is 3.71. The summed E-state index contributed by atoms with van der Waals surface area (Å²) in [6, 6.07) is 17.0. The number of para-hydroxylation sites is 1. The summed E-state index contributed by atoms with van der Waals surface area (Å²) in [6.07, 6.45) is 0. The number of rotatable bonds is 5. The van der Waals surface area contributed by atoms with Crippen molar-refractivity contribution in [2.24, 2.45) is 0 Å². The zero-order valence-corrected chi connectivity index (χ0v) is 21.1. The molecule has 1 aliphatic rings. The van der Waals surface area contributed by atoms with E-state index in [4.69, 9.17) is 14.5 Å². The van der Waals surface area contributed by atoms with Crippen LogP contribution in [0.3, 0.4) is 0 Å². The molecule has 0 radical (unpaired) electrons. The van der Waals surface area contributed by atoms with Crippen LogP contribution in [0.15, 0.2) is 66.2 Å². The van der Waals surface area contributed by atoms with Crippen molar-refractivity contribution in [2.45, 2.75) is 19.9 Å². The fraction of sp³-hybridized carbons (Fsp3) is 0.179. The van der Waals surface area contributed by atoms with E-state index >= 15 is 0 Å². The Morgan fingerprint density at radius 3 is 2.44 bits per heavy atom. The van der Waals surface area contributed by atoms with Gasteiger partial charge >= 0.3 is 5.91 Å². The molecule has 36 heavy (non-hydrogen) atoms. The van der Waals surface area contributed by atoms with Crippen LogP contribution in [-0.4, -0.2) is 36.0 Å². The van der Waals surface area contributed by atoms with Crippen LogP contribution in [0.1, 0.15) is 28.3 Å². The number of aryl methyl sites for hydroxylation is 2. The second-order valence-electron chi connectivity index (χ2n) is 8.54. The van der Waals surface area contributed by atoms with Crippen molar-refractivity contribution in [1.82, 2.24) is 4.98 Å². The Kier molecular flexibility index (Phi) is 5.97. The van der Waals surface area contributed by atoms with Crippen molar-refractivity contribution >= 4 is 44.1 Å². The number of benzene rings is 3. The highest BCUT2D eigenvalue weighted by atomic mass is 32.1. The number of fused-ring (bicyclic) bond motifs is 1. The van der Waals surface area contributed by atoms with E-state index in [1.807, 2.05) is 32.0 Å². The van der Waals surface area contributed by atoms with Gasteiger partial charge in [0.25, 0.3) is 5.78 Å². The molecule has 5 rings (SSSR count). The van der Waals surface area contributed by atoms with E-state index < -0.39 is 17.7 Å². The molecule has 1 aliphatic heterocycles.